The summed E-state index contributed by atoms with van der Waals surface area (Å²) in [5.41, 5.74) is 0.828. The molecule has 6 heteroatoms. The van der Waals surface area contributed by atoms with Gasteiger partial charge in [0.25, 0.3) is 6.47 Å². The standard InChI is InChI=1S/C9H18N2O2.C8H8O2/c1-9(2,3)13-6-7-8(12)11-5-4-10-7;9-7-10-6-8-4-2-1-3-5-8/h7,10H,4-6H2,1-3H3,(H,11,12);1-5,7H,6H2/t7-;/m1./s1. The van der Waals surface area contributed by atoms with E-state index in [4.69, 9.17) is 4.74 Å². The number of piperazine rings is 1. The highest BCUT2D eigenvalue weighted by atomic mass is 16.5. The number of carbonyl (C=O) groups excluding carboxylic acids is 2. The second kappa shape index (κ2) is 9.97. The number of nitrogens with one attached hydrogen (secondary N) is 2. The Morgan fingerprint density at radius 3 is 2.48 bits per heavy atom. The van der Waals surface area contributed by atoms with Crippen LogP contribution >= 0.6 is 0 Å². The van der Waals surface area contributed by atoms with E-state index in [1.165, 1.54) is 0 Å². The summed E-state index contributed by atoms with van der Waals surface area (Å²) in [4.78, 5) is 21.0. The maximum atomic E-state index is 11.3. The number of ether oxygens (including phenoxy) is 2. The quantitative estimate of drug-likeness (QED) is 0.798. The Hall–Kier alpha value is -1.92. The molecule has 0 spiro atoms. The van der Waals surface area contributed by atoms with Crippen molar-refractivity contribution < 1.29 is 19.1 Å². The molecule has 0 aliphatic carbocycles. The van der Waals surface area contributed by atoms with Gasteiger partial charge in [-0.3, -0.25) is 9.59 Å². The van der Waals surface area contributed by atoms with Crippen molar-refractivity contribution >= 4 is 12.4 Å². The molecule has 6 nitrogen and oxygen atoms in total. The highest BCUT2D eigenvalue weighted by Gasteiger charge is 2.23. The van der Waals surface area contributed by atoms with Crippen LogP contribution in [-0.2, 0) is 25.7 Å². The maximum Gasteiger partial charge on any atom is 0.293 e. The molecule has 128 valence electrons. The van der Waals surface area contributed by atoms with Gasteiger partial charge in [0.2, 0.25) is 5.91 Å². The Balaban J connectivity index is 0.000000238. The Morgan fingerprint density at radius 1 is 1.22 bits per heavy atom. The van der Waals surface area contributed by atoms with E-state index in [2.05, 4.69) is 15.4 Å². The minimum atomic E-state index is -0.187. The van der Waals surface area contributed by atoms with Crippen molar-refractivity contribution in [2.45, 2.75) is 39.0 Å². The zero-order chi connectivity index (χ0) is 17.1. The maximum absolute atomic E-state index is 11.3. The minimum absolute atomic E-state index is 0.0375. The molecule has 0 bridgehead atoms. The molecule has 1 heterocycles. The van der Waals surface area contributed by atoms with Gasteiger partial charge in [0, 0.05) is 13.1 Å². The fourth-order valence-electron chi connectivity index (χ4n) is 1.82. The van der Waals surface area contributed by atoms with Crippen LogP contribution in [0.2, 0.25) is 0 Å². The molecule has 1 amide bonds. The van der Waals surface area contributed by atoms with Gasteiger partial charge in [-0.25, -0.2) is 0 Å². The van der Waals surface area contributed by atoms with Crippen molar-refractivity contribution in [3.05, 3.63) is 35.9 Å². The largest absolute Gasteiger partial charge is 0.463 e. The number of hydrogen-bond acceptors (Lipinski definition) is 5. The van der Waals surface area contributed by atoms with Crippen LogP contribution < -0.4 is 10.6 Å². The summed E-state index contributed by atoms with van der Waals surface area (Å²) < 4.78 is 10.1. The molecular formula is C17H26N2O4. The van der Waals surface area contributed by atoms with Crippen molar-refractivity contribution in [3.8, 4) is 0 Å². The van der Waals surface area contributed by atoms with E-state index in [9.17, 15) is 9.59 Å². The number of benzene rings is 1. The van der Waals surface area contributed by atoms with Gasteiger partial charge in [-0.15, -0.1) is 0 Å². The van der Waals surface area contributed by atoms with Crippen LogP contribution in [0.25, 0.3) is 0 Å². The van der Waals surface area contributed by atoms with Gasteiger partial charge in [-0.2, -0.15) is 0 Å². The summed E-state index contributed by atoms with van der Waals surface area (Å²) in [6, 6.07) is 9.36. The zero-order valence-corrected chi connectivity index (χ0v) is 14.0. The fourth-order valence-corrected chi connectivity index (χ4v) is 1.82. The van der Waals surface area contributed by atoms with E-state index in [0.29, 0.717) is 26.2 Å². The zero-order valence-electron chi connectivity index (χ0n) is 14.0. The lowest BCUT2D eigenvalue weighted by molar-refractivity contribution is -0.130. The Morgan fingerprint density at radius 2 is 1.91 bits per heavy atom. The Labute approximate surface area is 137 Å². The van der Waals surface area contributed by atoms with Crippen molar-refractivity contribution in [2.24, 2.45) is 0 Å². The summed E-state index contributed by atoms with van der Waals surface area (Å²) in [7, 11) is 0. The van der Waals surface area contributed by atoms with E-state index in [0.717, 1.165) is 12.1 Å². The van der Waals surface area contributed by atoms with Gasteiger partial charge in [-0.05, 0) is 26.3 Å². The summed E-state index contributed by atoms with van der Waals surface area (Å²) in [5, 5.41) is 5.89. The highest BCUT2D eigenvalue weighted by Crippen LogP contribution is 2.07. The number of carbonyl (C=O) groups is 2. The molecule has 0 saturated carbocycles. The predicted octanol–water partition coefficient (Wildman–Crippen LogP) is 1.25. The SMILES string of the molecule is CC(C)(C)OC[C@H]1NCCNC1=O.O=COCc1ccccc1. The van der Waals surface area contributed by atoms with Crippen molar-refractivity contribution in [1.82, 2.24) is 10.6 Å². The van der Waals surface area contributed by atoms with Crippen molar-refractivity contribution in [2.75, 3.05) is 19.7 Å². The first-order valence-corrected chi connectivity index (χ1v) is 7.66. The summed E-state index contributed by atoms with van der Waals surface area (Å²) in [5.74, 6) is 0.0375. The molecule has 1 aromatic carbocycles. The Kier molecular flexibility index (Phi) is 8.29. The van der Waals surface area contributed by atoms with Gasteiger partial charge in [0.05, 0.1) is 12.2 Å². The lowest BCUT2D eigenvalue weighted by Crippen LogP contribution is -2.55. The first-order valence-electron chi connectivity index (χ1n) is 7.66. The number of rotatable bonds is 5. The molecule has 23 heavy (non-hydrogen) atoms. The minimum Gasteiger partial charge on any atom is -0.463 e. The predicted molar refractivity (Wildman–Crippen MR) is 87.8 cm³/mol. The van der Waals surface area contributed by atoms with Gasteiger partial charge in [0.15, 0.2) is 0 Å². The second-order valence-corrected chi connectivity index (χ2v) is 6.11. The molecule has 0 aromatic heterocycles. The molecule has 1 aromatic rings. The van der Waals surface area contributed by atoms with E-state index < -0.39 is 0 Å². The molecule has 2 N–H and O–H groups in total. The lowest BCUT2D eigenvalue weighted by Gasteiger charge is -2.27. The van der Waals surface area contributed by atoms with E-state index in [-0.39, 0.29) is 17.6 Å². The molecule has 2 rings (SSSR count). The summed E-state index contributed by atoms with van der Waals surface area (Å²) in [6.45, 7) is 8.73. The van der Waals surface area contributed by atoms with Gasteiger partial charge >= 0.3 is 0 Å². The smallest absolute Gasteiger partial charge is 0.293 e. The van der Waals surface area contributed by atoms with Crippen LogP contribution in [0.1, 0.15) is 26.3 Å². The van der Waals surface area contributed by atoms with E-state index in [1.807, 2.05) is 51.1 Å². The third kappa shape index (κ3) is 8.95. The third-order valence-corrected chi connectivity index (χ3v) is 2.98. The molecule has 1 fully saturated rings. The molecule has 1 aliphatic rings. The van der Waals surface area contributed by atoms with Crippen LogP contribution in [0.15, 0.2) is 30.3 Å². The average molecular weight is 322 g/mol. The summed E-state index contributed by atoms with van der Waals surface area (Å²) in [6.07, 6.45) is 0. The van der Waals surface area contributed by atoms with Crippen molar-refractivity contribution in [1.29, 1.82) is 0 Å². The van der Waals surface area contributed by atoms with Gasteiger partial charge in [0.1, 0.15) is 12.6 Å². The molecule has 1 aliphatic heterocycles. The molecule has 1 saturated heterocycles. The molecular weight excluding hydrogens is 296 g/mol. The van der Waals surface area contributed by atoms with Gasteiger partial charge < -0.3 is 20.1 Å². The lowest BCUT2D eigenvalue weighted by atomic mass is 10.2. The fraction of sp³-hybridized carbons (Fsp3) is 0.529. The van der Waals surface area contributed by atoms with Crippen molar-refractivity contribution in [3.63, 3.8) is 0 Å². The average Bonchev–Trinajstić information content (AvgIpc) is 2.53. The topological polar surface area (TPSA) is 76.7 Å². The number of hydrogen-bond donors (Lipinski definition) is 2. The van der Waals surface area contributed by atoms with E-state index >= 15 is 0 Å². The van der Waals surface area contributed by atoms with Crippen LogP contribution in [0, 0.1) is 0 Å². The number of amides is 1. The molecule has 0 unspecified atom stereocenters. The summed E-state index contributed by atoms with van der Waals surface area (Å²) >= 11 is 0. The highest BCUT2D eigenvalue weighted by molar-refractivity contribution is 5.82. The van der Waals surface area contributed by atoms with E-state index in [1.54, 1.807) is 0 Å². The van der Waals surface area contributed by atoms with Crippen LogP contribution in [0.4, 0.5) is 0 Å². The normalized spacial score (nSPS) is 17.5. The van der Waals surface area contributed by atoms with Crippen LogP contribution in [0.5, 0.6) is 0 Å². The van der Waals surface area contributed by atoms with Crippen LogP contribution in [-0.4, -0.2) is 43.7 Å². The van der Waals surface area contributed by atoms with Gasteiger partial charge in [-0.1, -0.05) is 30.3 Å². The monoisotopic (exact) mass is 322 g/mol. The molecule has 0 radical (unpaired) electrons. The Bertz CT molecular complexity index is 471. The first kappa shape index (κ1) is 19.1. The van der Waals surface area contributed by atoms with Crippen LogP contribution in [0.3, 0.4) is 0 Å². The molecule has 1 atom stereocenters. The first-order chi connectivity index (χ1) is 10.9. The second-order valence-electron chi connectivity index (χ2n) is 6.11. The third-order valence-electron chi connectivity index (χ3n) is 2.98.